The van der Waals surface area contributed by atoms with E-state index >= 15 is 0 Å². The lowest BCUT2D eigenvalue weighted by Crippen LogP contribution is -2.18. The van der Waals surface area contributed by atoms with Gasteiger partial charge in [0.15, 0.2) is 0 Å². The molecule has 1 aromatic rings. The van der Waals surface area contributed by atoms with Crippen LogP contribution in [0.3, 0.4) is 0 Å². The van der Waals surface area contributed by atoms with E-state index in [9.17, 15) is 4.79 Å². The number of carbonyl (C=O) groups is 1. The molecule has 0 aromatic heterocycles. The lowest BCUT2D eigenvalue weighted by molar-refractivity contribution is -0.140. The summed E-state index contributed by atoms with van der Waals surface area (Å²) in [5.41, 5.74) is 0.746. The zero-order valence-electron chi connectivity index (χ0n) is 8.93. The van der Waals surface area contributed by atoms with Crippen LogP contribution in [0, 0.1) is 12.3 Å². The lowest BCUT2D eigenvalue weighted by Gasteiger charge is -2.12. The molecule has 0 bridgehead atoms. The number of ether oxygens (including phenoxy) is 1. The van der Waals surface area contributed by atoms with Gasteiger partial charge in [-0.05, 0) is 5.56 Å². The molecule has 0 saturated carbocycles. The predicted molar refractivity (Wildman–Crippen MR) is 61.1 cm³/mol. The largest absolute Gasteiger partial charge is 0.481 e. The summed E-state index contributed by atoms with van der Waals surface area (Å²) in [6.07, 6.45) is 5.57. The van der Waals surface area contributed by atoms with Gasteiger partial charge in [0.25, 0.3) is 0 Å². The average molecular weight is 218 g/mol. The Labute approximate surface area is 95.1 Å². The summed E-state index contributed by atoms with van der Waals surface area (Å²) in [4.78, 5) is 11.0. The van der Waals surface area contributed by atoms with Crippen molar-refractivity contribution in [3.63, 3.8) is 0 Å². The molecule has 16 heavy (non-hydrogen) atoms. The highest BCUT2D eigenvalue weighted by Gasteiger charge is 2.19. The number of hydrogen-bond donors (Lipinski definition) is 1. The zero-order valence-corrected chi connectivity index (χ0v) is 8.93. The van der Waals surface area contributed by atoms with E-state index in [-0.39, 0.29) is 6.61 Å². The summed E-state index contributed by atoms with van der Waals surface area (Å²) in [7, 11) is 0. The first-order valence-electron chi connectivity index (χ1n) is 5.04. The SMILES string of the molecule is C#CCCOCC(C(=O)O)c1ccccc1. The summed E-state index contributed by atoms with van der Waals surface area (Å²) < 4.78 is 5.23. The monoisotopic (exact) mass is 218 g/mol. The first-order chi connectivity index (χ1) is 7.75. The molecule has 0 aliphatic heterocycles. The number of benzene rings is 1. The Kier molecular flexibility index (Phi) is 5.10. The van der Waals surface area contributed by atoms with Crippen molar-refractivity contribution in [3.05, 3.63) is 35.9 Å². The maximum atomic E-state index is 11.0. The van der Waals surface area contributed by atoms with Gasteiger partial charge in [0.1, 0.15) is 5.92 Å². The molecule has 84 valence electrons. The van der Waals surface area contributed by atoms with Crippen molar-refractivity contribution in [2.24, 2.45) is 0 Å². The van der Waals surface area contributed by atoms with E-state index in [0.717, 1.165) is 5.56 Å². The first-order valence-corrected chi connectivity index (χ1v) is 5.04. The van der Waals surface area contributed by atoms with E-state index in [1.54, 1.807) is 12.1 Å². The van der Waals surface area contributed by atoms with E-state index in [1.807, 2.05) is 18.2 Å². The number of carboxylic acids is 1. The third-order valence-corrected chi connectivity index (χ3v) is 2.18. The van der Waals surface area contributed by atoms with Crippen LogP contribution in [0.4, 0.5) is 0 Å². The van der Waals surface area contributed by atoms with Crippen molar-refractivity contribution in [2.75, 3.05) is 13.2 Å². The summed E-state index contributed by atoms with van der Waals surface area (Å²) in [6, 6.07) is 9.04. The van der Waals surface area contributed by atoms with E-state index in [4.69, 9.17) is 16.3 Å². The quantitative estimate of drug-likeness (QED) is 0.586. The molecular formula is C13H14O3. The van der Waals surface area contributed by atoms with Crippen LogP contribution in [0.1, 0.15) is 17.9 Å². The topological polar surface area (TPSA) is 46.5 Å². The van der Waals surface area contributed by atoms with Crippen molar-refractivity contribution >= 4 is 5.97 Å². The van der Waals surface area contributed by atoms with Gasteiger partial charge in [0, 0.05) is 6.42 Å². The Morgan fingerprint density at radius 3 is 2.69 bits per heavy atom. The second kappa shape index (κ2) is 6.65. The highest BCUT2D eigenvalue weighted by atomic mass is 16.5. The second-order valence-electron chi connectivity index (χ2n) is 3.33. The summed E-state index contributed by atoms with van der Waals surface area (Å²) >= 11 is 0. The summed E-state index contributed by atoms with van der Waals surface area (Å²) in [5, 5.41) is 9.06. The Hall–Kier alpha value is -1.79. The van der Waals surface area contributed by atoms with Crippen LogP contribution in [0.25, 0.3) is 0 Å². The van der Waals surface area contributed by atoms with Crippen LogP contribution in [-0.4, -0.2) is 24.3 Å². The van der Waals surface area contributed by atoms with Gasteiger partial charge in [-0.15, -0.1) is 12.3 Å². The molecule has 0 amide bonds. The Morgan fingerprint density at radius 1 is 1.44 bits per heavy atom. The summed E-state index contributed by atoms with van der Waals surface area (Å²) in [5.74, 6) is 0.930. The Balaban J connectivity index is 2.56. The van der Waals surface area contributed by atoms with Gasteiger partial charge in [-0.25, -0.2) is 0 Å². The standard InChI is InChI=1S/C13H14O3/c1-2-3-9-16-10-12(13(14)15)11-7-5-4-6-8-11/h1,4-8,12H,3,9-10H2,(H,14,15). The maximum Gasteiger partial charge on any atom is 0.313 e. The molecule has 1 N–H and O–H groups in total. The van der Waals surface area contributed by atoms with Crippen molar-refractivity contribution in [2.45, 2.75) is 12.3 Å². The Bertz CT molecular complexity index is 365. The van der Waals surface area contributed by atoms with Gasteiger partial charge in [-0.3, -0.25) is 4.79 Å². The number of rotatable bonds is 6. The van der Waals surface area contributed by atoms with E-state index in [2.05, 4.69) is 5.92 Å². The maximum absolute atomic E-state index is 11.0. The molecule has 3 heteroatoms. The van der Waals surface area contributed by atoms with Gasteiger partial charge < -0.3 is 9.84 Å². The molecule has 0 spiro atoms. The average Bonchev–Trinajstić information content (AvgIpc) is 2.30. The third kappa shape index (κ3) is 3.76. The molecule has 1 rings (SSSR count). The van der Waals surface area contributed by atoms with E-state index in [1.165, 1.54) is 0 Å². The number of carboxylic acid groups (broad SMARTS) is 1. The fraction of sp³-hybridized carbons (Fsp3) is 0.308. The normalized spacial score (nSPS) is 11.7. The molecule has 0 fully saturated rings. The molecule has 0 aliphatic carbocycles. The van der Waals surface area contributed by atoms with Crippen molar-refractivity contribution in [1.82, 2.24) is 0 Å². The minimum Gasteiger partial charge on any atom is -0.481 e. The molecule has 0 heterocycles. The molecule has 3 nitrogen and oxygen atoms in total. The fourth-order valence-electron chi connectivity index (χ4n) is 1.33. The van der Waals surface area contributed by atoms with Gasteiger partial charge in [-0.1, -0.05) is 30.3 Å². The van der Waals surface area contributed by atoms with Crippen LogP contribution >= 0.6 is 0 Å². The van der Waals surface area contributed by atoms with Crippen molar-refractivity contribution in [3.8, 4) is 12.3 Å². The van der Waals surface area contributed by atoms with Crippen molar-refractivity contribution < 1.29 is 14.6 Å². The molecule has 0 saturated heterocycles. The predicted octanol–water partition coefficient (Wildman–Crippen LogP) is 1.89. The van der Waals surface area contributed by atoms with Crippen molar-refractivity contribution in [1.29, 1.82) is 0 Å². The van der Waals surface area contributed by atoms with E-state index < -0.39 is 11.9 Å². The molecule has 0 radical (unpaired) electrons. The number of hydrogen-bond acceptors (Lipinski definition) is 2. The molecule has 1 unspecified atom stereocenters. The Morgan fingerprint density at radius 2 is 2.12 bits per heavy atom. The highest BCUT2D eigenvalue weighted by Crippen LogP contribution is 2.16. The minimum absolute atomic E-state index is 0.154. The third-order valence-electron chi connectivity index (χ3n) is 2.18. The molecule has 0 aliphatic rings. The second-order valence-corrected chi connectivity index (χ2v) is 3.33. The van der Waals surface area contributed by atoms with Crippen LogP contribution in [0.2, 0.25) is 0 Å². The van der Waals surface area contributed by atoms with Gasteiger partial charge >= 0.3 is 5.97 Å². The fourth-order valence-corrected chi connectivity index (χ4v) is 1.33. The van der Waals surface area contributed by atoms with Gasteiger partial charge in [0.2, 0.25) is 0 Å². The zero-order chi connectivity index (χ0) is 11.8. The minimum atomic E-state index is -0.882. The van der Waals surface area contributed by atoms with Crippen LogP contribution in [0.15, 0.2) is 30.3 Å². The smallest absolute Gasteiger partial charge is 0.313 e. The number of aliphatic carboxylic acids is 1. The van der Waals surface area contributed by atoms with Crippen LogP contribution in [-0.2, 0) is 9.53 Å². The van der Waals surface area contributed by atoms with Gasteiger partial charge in [-0.2, -0.15) is 0 Å². The molecule has 1 aromatic carbocycles. The molecular weight excluding hydrogens is 204 g/mol. The lowest BCUT2D eigenvalue weighted by atomic mass is 10.0. The summed E-state index contributed by atoms with van der Waals surface area (Å²) in [6.45, 7) is 0.550. The first kappa shape index (κ1) is 12.3. The van der Waals surface area contributed by atoms with Crippen LogP contribution in [0.5, 0.6) is 0 Å². The van der Waals surface area contributed by atoms with Gasteiger partial charge in [0.05, 0.1) is 13.2 Å². The molecule has 1 atom stereocenters. The number of terminal acetylenes is 1. The van der Waals surface area contributed by atoms with Crippen LogP contribution < -0.4 is 0 Å². The van der Waals surface area contributed by atoms with E-state index in [0.29, 0.717) is 13.0 Å². The highest BCUT2D eigenvalue weighted by molar-refractivity contribution is 5.76.